The standard InChI is InChI=1S/C18H25BrN2O2/c1-23-18(9-11-20-12-10-18)16(22)21-13-17(7-2-8-17)14-3-5-15(19)6-4-14/h3-6,20H,2,7-13H2,1H3,(H,21,22). The highest BCUT2D eigenvalue weighted by Crippen LogP contribution is 2.43. The fourth-order valence-electron chi connectivity index (χ4n) is 3.74. The first kappa shape index (κ1) is 16.9. The highest BCUT2D eigenvalue weighted by Gasteiger charge is 2.43. The number of carbonyl (C=O) groups is 1. The van der Waals surface area contributed by atoms with Crippen molar-refractivity contribution in [1.29, 1.82) is 0 Å². The van der Waals surface area contributed by atoms with Crippen LogP contribution in [0.1, 0.15) is 37.7 Å². The number of nitrogens with one attached hydrogen (secondary N) is 2. The number of carbonyl (C=O) groups excluding carboxylic acids is 1. The van der Waals surface area contributed by atoms with E-state index in [0.29, 0.717) is 6.54 Å². The van der Waals surface area contributed by atoms with Gasteiger partial charge in [0.1, 0.15) is 5.60 Å². The molecule has 1 heterocycles. The van der Waals surface area contributed by atoms with Crippen molar-refractivity contribution >= 4 is 21.8 Å². The van der Waals surface area contributed by atoms with E-state index in [0.717, 1.165) is 43.2 Å². The topological polar surface area (TPSA) is 50.4 Å². The predicted molar refractivity (Wildman–Crippen MR) is 94.5 cm³/mol. The summed E-state index contributed by atoms with van der Waals surface area (Å²) in [6.07, 6.45) is 4.97. The average molecular weight is 381 g/mol. The summed E-state index contributed by atoms with van der Waals surface area (Å²) in [5.74, 6) is 0.0462. The van der Waals surface area contributed by atoms with E-state index in [2.05, 4.69) is 50.8 Å². The first-order valence-electron chi connectivity index (χ1n) is 8.41. The Morgan fingerprint density at radius 1 is 1.22 bits per heavy atom. The third kappa shape index (κ3) is 3.32. The number of benzene rings is 1. The third-order valence-electron chi connectivity index (χ3n) is 5.57. The number of ether oxygens (including phenoxy) is 1. The van der Waals surface area contributed by atoms with Crippen LogP contribution in [0.15, 0.2) is 28.7 Å². The Morgan fingerprint density at radius 3 is 2.39 bits per heavy atom. The molecular formula is C18H25BrN2O2. The van der Waals surface area contributed by atoms with Gasteiger partial charge in [-0.15, -0.1) is 0 Å². The predicted octanol–water partition coefficient (Wildman–Crippen LogP) is 2.76. The Kier molecular flexibility index (Phi) is 5.09. The third-order valence-corrected chi connectivity index (χ3v) is 6.10. The molecule has 2 fully saturated rings. The summed E-state index contributed by atoms with van der Waals surface area (Å²) in [6, 6.07) is 8.51. The molecule has 1 aromatic carbocycles. The molecule has 0 aromatic heterocycles. The van der Waals surface area contributed by atoms with Gasteiger partial charge in [0.25, 0.3) is 5.91 Å². The lowest BCUT2D eigenvalue weighted by Gasteiger charge is -2.44. The molecule has 23 heavy (non-hydrogen) atoms. The summed E-state index contributed by atoms with van der Waals surface area (Å²) in [6.45, 7) is 2.37. The first-order valence-corrected chi connectivity index (χ1v) is 9.20. The zero-order valence-corrected chi connectivity index (χ0v) is 15.2. The van der Waals surface area contributed by atoms with Crippen LogP contribution >= 0.6 is 15.9 Å². The molecule has 1 amide bonds. The van der Waals surface area contributed by atoms with E-state index >= 15 is 0 Å². The summed E-state index contributed by atoms with van der Waals surface area (Å²) in [5.41, 5.74) is 0.762. The summed E-state index contributed by atoms with van der Waals surface area (Å²) in [4.78, 5) is 12.8. The summed E-state index contributed by atoms with van der Waals surface area (Å²) in [7, 11) is 1.65. The van der Waals surface area contributed by atoms with Crippen LogP contribution in [-0.2, 0) is 14.9 Å². The number of hydrogen-bond acceptors (Lipinski definition) is 3. The van der Waals surface area contributed by atoms with E-state index in [1.54, 1.807) is 7.11 Å². The van der Waals surface area contributed by atoms with E-state index in [-0.39, 0.29) is 11.3 Å². The lowest BCUT2D eigenvalue weighted by molar-refractivity contribution is -0.147. The molecule has 0 spiro atoms. The number of methoxy groups -OCH3 is 1. The molecule has 1 aliphatic carbocycles. The molecular weight excluding hydrogens is 356 g/mol. The van der Waals surface area contributed by atoms with Crippen molar-refractivity contribution in [3.8, 4) is 0 Å². The lowest BCUT2D eigenvalue weighted by atomic mass is 9.64. The highest BCUT2D eigenvalue weighted by molar-refractivity contribution is 9.10. The van der Waals surface area contributed by atoms with E-state index in [4.69, 9.17) is 4.74 Å². The van der Waals surface area contributed by atoms with Crippen LogP contribution in [0.25, 0.3) is 0 Å². The van der Waals surface area contributed by atoms with Gasteiger partial charge in [0, 0.05) is 23.5 Å². The van der Waals surface area contributed by atoms with Crippen molar-refractivity contribution in [2.45, 2.75) is 43.1 Å². The van der Waals surface area contributed by atoms with Crippen LogP contribution in [0.5, 0.6) is 0 Å². The van der Waals surface area contributed by atoms with Crippen LogP contribution in [-0.4, -0.2) is 38.3 Å². The normalized spacial score (nSPS) is 22.2. The lowest BCUT2D eigenvalue weighted by Crippen LogP contribution is -2.56. The molecule has 126 valence electrons. The van der Waals surface area contributed by atoms with Crippen LogP contribution in [0.4, 0.5) is 0 Å². The van der Waals surface area contributed by atoms with Gasteiger partial charge in [0.2, 0.25) is 0 Å². The fourth-order valence-corrected chi connectivity index (χ4v) is 4.00. The van der Waals surface area contributed by atoms with Crippen molar-refractivity contribution < 1.29 is 9.53 Å². The number of hydrogen-bond donors (Lipinski definition) is 2. The molecule has 1 aliphatic heterocycles. The van der Waals surface area contributed by atoms with Gasteiger partial charge in [-0.05, 0) is 56.5 Å². The van der Waals surface area contributed by atoms with Gasteiger partial charge in [0.15, 0.2) is 0 Å². The minimum absolute atomic E-state index is 0.0462. The Balaban J connectivity index is 1.68. The van der Waals surface area contributed by atoms with Crippen molar-refractivity contribution in [2.75, 3.05) is 26.7 Å². The van der Waals surface area contributed by atoms with Gasteiger partial charge in [-0.2, -0.15) is 0 Å². The number of halogens is 1. The molecule has 0 bridgehead atoms. The van der Waals surface area contributed by atoms with E-state index in [1.165, 1.54) is 12.0 Å². The largest absolute Gasteiger partial charge is 0.368 e. The van der Waals surface area contributed by atoms with Gasteiger partial charge >= 0.3 is 0 Å². The van der Waals surface area contributed by atoms with Gasteiger partial charge < -0.3 is 15.4 Å². The second-order valence-corrected chi connectivity index (χ2v) is 7.69. The number of rotatable bonds is 5. The fraction of sp³-hybridized carbons (Fsp3) is 0.611. The van der Waals surface area contributed by atoms with Gasteiger partial charge in [-0.25, -0.2) is 0 Å². The summed E-state index contributed by atoms with van der Waals surface area (Å²) >= 11 is 3.49. The van der Waals surface area contributed by atoms with Gasteiger partial charge in [0.05, 0.1) is 0 Å². The Hall–Kier alpha value is -0.910. The van der Waals surface area contributed by atoms with Crippen LogP contribution < -0.4 is 10.6 Å². The van der Waals surface area contributed by atoms with E-state index < -0.39 is 5.60 Å². The summed E-state index contributed by atoms with van der Waals surface area (Å²) in [5, 5.41) is 6.49. The van der Waals surface area contributed by atoms with Crippen LogP contribution in [0, 0.1) is 0 Å². The maximum atomic E-state index is 12.8. The molecule has 1 saturated heterocycles. The SMILES string of the molecule is COC1(C(=O)NCC2(c3ccc(Br)cc3)CCC2)CCNCC1. The molecule has 3 rings (SSSR count). The second kappa shape index (κ2) is 6.91. The van der Waals surface area contributed by atoms with E-state index in [1.807, 2.05) is 0 Å². The minimum Gasteiger partial charge on any atom is -0.368 e. The van der Waals surface area contributed by atoms with Gasteiger partial charge in [-0.3, -0.25) is 4.79 Å². The molecule has 0 atom stereocenters. The number of piperidine rings is 1. The van der Waals surface area contributed by atoms with Crippen LogP contribution in [0.3, 0.4) is 0 Å². The monoisotopic (exact) mass is 380 g/mol. The second-order valence-electron chi connectivity index (χ2n) is 6.77. The molecule has 2 N–H and O–H groups in total. The molecule has 0 unspecified atom stereocenters. The molecule has 1 aromatic rings. The molecule has 5 heteroatoms. The maximum absolute atomic E-state index is 12.8. The zero-order valence-electron chi connectivity index (χ0n) is 13.7. The zero-order chi connectivity index (χ0) is 16.3. The Labute approximate surface area is 146 Å². The minimum atomic E-state index is -0.657. The van der Waals surface area contributed by atoms with Crippen molar-refractivity contribution in [3.05, 3.63) is 34.3 Å². The van der Waals surface area contributed by atoms with Crippen LogP contribution in [0.2, 0.25) is 0 Å². The molecule has 2 aliphatic rings. The maximum Gasteiger partial charge on any atom is 0.252 e. The Bertz CT molecular complexity index is 549. The number of amides is 1. The molecule has 1 saturated carbocycles. The molecule has 0 radical (unpaired) electrons. The smallest absolute Gasteiger partial charge is 0.252 e. The van der Waals surface area contributed by atoms with Crippen molar-refractivity contribution in [2.24, 2.45) is 0 Å². The van der Waals surface area contributed by atoms with Crippen molar-refractivity contribution in [3.63, 3.8) is 0 Å². The average Bonchev–Trinajstić information content (AvgIpc) is 2.55. The Morgan fingerprint density at radius 2 is 1.87 bits per heavy atom. The van der Waals surface area contributed by atoms with Crippen molar-refractivity contribution in [1.82, 2.24) is 10.6 Å². The van der Waals surface area contributed by atoms with E-state index in [9.17, 15) is 4.79 Å². The highest BCUT2D eigenvalue weighted by atomic mass is 79.9. The summed E-state index contributed by atoms with van der Waals surface area (Å²) < 4.78 is 6.71. The quantitative estimate of drug-likeness (QED) is 0.825. The first-order chi connectivity index (χ1) is 11.1. The van der Waals surface area contributed by atoms with Gasteiger partial charge in [-0.1, -0.05) is 34.5 Å². The molecule has 4 nitrogen and oxygen atoms in total.